The van der Waals surface area contributed by atoms with Crippen LogP contribution in [0.1, 0.15) is 13.8 Å². The van der Waals surface area contributed by atoms with Crippen LogP contribution in [0, 0.1) is 0 Å². The largest absolute Gasteiger partial charge is 0.398 e. The van der Waals surface area contributed by atoms with Gasteiger partial charge in [0.05, 0.1) is 0 Å². The first-order valence-electron chi connectivity index (χ1n) is 5.40. The molecule has 2 N–H and O–H groups in total. The van der Waals surface area contributed by atoms with E-state index in [0.29, 0.717) is 21.7 Å². The van der Waals surface area contributed by atoms with Crippen LogP contribution in [0.2, 0.25) is 0 Å². The third-order valence-corrected chi connectivity index (χ3v) is 7.74. The highest BCUT2D eigenvalue weighted by Crippen LogP contribution is 2.32. The molecule has 1 aromatic rings. The summed E-state index contributed by atoms with van der Waals surface area (Å²) < 4.78 is 26.8. The summed E-state index contributed by atoms with van der Waals surface area (Å²) in [5, 5.41) is 2.00. The van der Waals surface area contributed by atoms with Crippen LogP contribution in [0.25, 0.3) is 0 Å². The van der Waals surface area contributed by atoms with Crippen LogP contribution in [0.3, 0.4) is 0 Å². The molecule has 1 fully saturated rings. The number of hydrogen-bond acceptors (Lipinski definition) is 5. The molecule has 2 rings (SSSR count). The highest BCUT2D eigenvalue weighted by molar-refractivity contribution is 8.00. The van der Waals surface area contributed by atoms with E-state index >= 15 is 0 Å². The summed E-state index contributed by atoms with van der Waals surface area (Å²) in [5.74, 6) is 0.853. The van der Waals surface area contributed by atoms with Crippen molar-refractivity contribution in [3.63, 3.8) is 0 Å². The number of nitrogens with zero attached hydrogens (tertiary/aromatic N) is 1. The van der Waals surface area contributed by atoms with Crippen LogP contribution >= 0.6 is 23.1 Å². The van der Waals surface area contributed by atoms with E-state index in [-0.39, 0.29) is 6.04 Å². The van der Waals surface area contributed by atoms with E-state index in [1.807, 2.05) is 18.7 Å². The lowest BCUT2D eigenvalue weighted by molar-refractivity contribution is 0.341. The smallest absolute Gasteiger partial charge is 0.252 e. The fourth-order valence-corrected chi connectivity index (χ4v) is 6.03. The van der Waals surface area contributed by atoms with Crippen molar-refractivity contribution in [2.75, 3.05) is 18.0 Å². The zero-order chi connectivity index (χ0) is 12.6. The zero-order valence-electron chi connectivity index (χ0n) is 9.79. The maximum Gasteiger partial charge on any atom is 0.252 e. The first-order valence-corrected chi connectivity index (χ1v) is 8.77. The molecule has 1 aliphatic heterocycles. The first-order chi connectivity index (χ1) is 7.93. The van der Waals surface area contributed by atoms with E-state index in [1.54, 1.807) is 15.8 Å². The van der Waals surface area contributed by atoms with Gasteiger partial charge in [-0.05, 0) is 13.0 Å². The maximum absolute atomic E-state index is 12.4. The van der Waals surface area contributed by atoms with Gasteiger partial charge in [0.15, 0.2) is 0 Å². The second-order valence-electron chi connectivity index (χ2n) is 4.13. The Bertz CT molecular complexity index is 497. The van der Waals surface area contributed by atoms with Gasteiger partial charge in [-0.15, -0.1) is 11.3 Å². The minimum absolute atomic E-state index is 0.0297. The fourth-order valence-electron chi connectivity index (χ4n) is 1.83. The number of thioether (sulfide) groups is 1. The van der Waals surface area contributed by atoms with Gasteiger partial charge in [0.25, 0.3) is 10.0 Å². The van der Waals surface area contributed by atoms with Crippen molar-refractivity contribution in [3.8, 4) is 0 Å². The van der Waals surface area contributed by atoms with Crippen LogP contribution in [0.4, 0.5) is 5.69 Å². The Balaban J connectivity index is 2.32. The van der Waals surface area contributed by atoms with Gasteiger partial charge in [0, 0.05) is 34.7 Å². The molecule has 0 aromatic carbocycles. The topological polar surface area (TPSA) is 63.4 Å². The van der Waals surface area contributed by atoms with Crippen LogP contribution in [-0.4, -0.2) is 36.3 Å². The molecule has 17 heavy (non-hydrogen) atoms. The quantitative estimate of drug-likeness (QED) is 0.903. The SMILES string of the molecule is CC1SCCN(S(=O)(=O)c2cc(N)cs2)C1C. The van der Waals surface area contributed by atoms with Crippen LogP contribution in [-0.2, 0) is 10.0 Å². The molecule has 2 atom stereocenters. The van der Waals surface area contributed by atoms with E-state index < -0.39 is 10.0 Å². The van der Waals surface area contributed by atoms with Gasteiger partial charge in [0.1, 0.15) is 4.21 Å². The highest BCUT2D eigenvalue weighted by atomic mass is 32.2. The number of rotatable bonds is 2. The predicted molar refractivity (Wildman–Crippen MR) is 74.0 cm³/mol. The van der Waals surface area contributed by atoms with Crippen LogP contribution < -0.4 is 5.73 Å². The summed E-state index contributed by atoms with van der Waals surface area (Å²) in [4.78, 5) is 0. The Kier molecular flexibility index (Phi) is 3.72. The van der Waals surface area contributed by atoms with Gasteiger partial charge < -0.3 is 5.73 Å². The van der Waals surface area contributed by atoms with Crippen LogP contribution in [0.5, 0.6) is 0 Å². The molecule has 1 saturated heterocycles. The molecule has 1 aliphatic rings. The lowest BCUT2D eigenvalue weighted by Gasteiger charge is -2.35. The van der Waals surface area contributed by atoms with Gasteiger partial charge in [-0.2, -0.15) is 16.1 Å². The normalized spacial score (nSPS) is 27.2. The molecule has 0 bridgehead atoms. The standard InChI is InChI=1S/C10H16N2O2S3/c1-7-8(2)15-4-3-12(7)17(13,14)10-5-9(11)6-16-10/h5-8H,3-4,11H2,1-2H3. The van der Waals surface area contributed by atoms with Crippen molar-refractivity contribution in [1.82, 2.24) is 4.31 Å². The minimum Gasteiger partial charge on any atom is -0.398 e. The molecule has 0 saturated carbocycles. The third-order valence-electron chi connectivity index (χ3n) is 2.98. The van der Waals surface area contributed by atoms with E-state index in [9.17, 15) is 8.42 Å². The summed E-state index contributed by atoms with van der Waals surface area (Å²) in [5.41, 5.74) is 6.10. The van der Waals surface area contributed by atoms with Gasteiger partial charge in [-0.25, -0.2) is 8.42 Å². The van der Waals surface area contributed by atoms with E-state index in [2.05, 4.69) is 6.92 Å². The lowest BCUT2D eigenvalue weighted by atomic mass is 10.2. The van der Waals surface area contributed by atoms with Crippen molar-refractivity contribution in [1.29, 1.82) is 0 Å². The molecular weight excluding hydrogens is 276 g/mol. The Hall–Kier alpha value is -0.240. The van der Waals surface area contributed by atoms with Crippen molar-refractivity contribution < 1.29 is 8.42 Å². The molecule has 4 nitrogen and oxygen atoms in total. The number of hydrogen-bond donors (Lipinski definition) is 1. The second kappa shape index (κ2) is 4.79. The third kappa shape index (κ3) is 2.47. The summed E-state index contributed by atoms with van der Waals surface area (Å²) >= 11 is 3.01. The van der Waals surface area contributed by atoms with Gasteiger partial charge in [0.2, 0.25) is 0 Å². The number of anilines is 1. The van der Waals surface area contributed by atoms with Crippen molar-refractivity contribution in [2.24, 2.45) is 0 Å². The Morgan fingerprint density at radius 2 is 2.18 bits per heavy atom. The lowest BCUT2D eigenvalue weighted by Crippen LogP contribution is -2.47. The Labute approximate surface area is 110 Å². The second-order valence-corrected chi connectivity index (χ2v) is 8.65. The van der Waals surface area contributed by atoms with Crippen molar-refractivity contribution in [3.05, 3.63) is 11.4 Å². The van der Waals surface area contributed by atoms with Crippen molar-refractivity contribution in [2.45, 2.75) is 29.3 Å². The van der Waals surface area contributed by atoms with Gasteiger partial charge >= 0.3 is 0 Å². The average Bonchev–Trinajstić information content (AvgIpc) is 2.69. The molecule has 0 aliphatic carbocycles. The summed E-state index contributed by atoms with van der Waals surface area (Å²) in [6, 6.07) is 1.57. The zero-order valence-corrected chi connectivity index (χ0v) is 12.2. The molecule has 2 unspecified atom stereocenters. The Morgan fingerprint density at radius 1 is 1.47 bits per heavy atom. The number of sulfonamides is 1. The molecule has 0 radical (unpaired) electrons. The van der Waals surface area contributed by atoms with Crippen molar-refractivity contribution >= 4 is 38.8 Å². The first kappa shape index (κ1) is 13.2. The monoisotopic (exact) mass is 292 g/mol. The minimum atomic E-state index is -3.36. The summed E-state index contributed by atoms with van der Waals surface area (Å²) in [7, 11) is -3.36. The maximum atomic E-state index is 12.4. The molecular formula is C10H16N2O2S3. The molecule has 1 aromatic heterocycles. The predicted octanol–water partition coefficient (Wildman–Crippen LogP) is 1.84. The van der Waals surface area contributed by atoms with Gasteiger partial charge in [-0.3, -0.25) is 0 Å². The molecule has 2 heterocycles. The molecule has 0 spiro atoms. The number of nitrogen functional groups attached to an aromatic ring is 1. The average molecular weight is 292 g/mol. The van der Waals surface area contributed by atoms with Gasteiger partial charge in [-0.1, -0.05) is 6.92 Å². The van der Waals surface area contributed by atoms with E-state index in [1.165, 1.54) is 11.3 Å². The fraction of sp³-hybridized carbons (Fsp3) is 0.600. The number of thiophene rings is 1. The summed E-state index contributed by atoms with van der Waals surface area (Å²) in [6.45, 7) is 4.61. The molecule has 0 amide bonds. The Morgan fingerprint density at radius 3 is 2.76 bits per heavy atom. The number of nitrogens with two attached hydrogens (primary N) is 1. The molecule has 96 valence electrons. The molecule has 7 heteroatoms. The van der Waals surface area contributed by atoms with Crippen LogP contribution in [0.15, 0.2) is 15.7 Å². The summed E-state index contributed by atoms with van der Waals surface area (Å²) in [6.07, 6.45) is 0. The highest BCUT2D eigenvalue weighted by Gasteiger charge is 2.35. The van der Waals surface area contributed by atoms with E-state index in [0.717, 1.165) is 5.75 Å². The van der Waals surface area contributed by atoms with E-state index in [4.69, 9.17) is 5.73 Å².